The molecule has 7 heteroatoms. The average molecular weight is 337 g/mol. The molecule has 0 aromatic carbocycles. The van der Waals surface area contributed by atoms with Crippen LogP contribution in [0.3, 0.4) is 0 Å². The average Bonchev–Trinajstić information content (AvgIpc) is 3.23. The molecule has 2 unspecified atom stereocenters. The van der Waals surface area contributed by atoms with Gasteiger partial charge in [-0.15, -0.1) is 11.3 Å². The Balaban J connectivity index is 1.41. The van der Waals surface area contributed by atoms with Gasteiger partial charge in [-0.25, -0.2) is 4.98 Å². The van der Waals surface area contributed by atoms with Crippen molar-refractivity contribution in [1.29, 1.82) is 0 Å². The Morgan fingerprint density at radius 1 is 1.52 bits per heavy atom. The number of ether oxygens (including phenoxy) is 1. The van der Waals surface area contributed by atoms with E-state index in [9.17, 15) is 0 Å². The zero-order valence-corrected chi connectivity index (χ0v) is 14.9. The molecule has 0 bridgehead atoms. The Morgan fingerprint density at radius 3 is 3.22 bits per heavy atom. The number of morpholine rings is 1. The number of hydrogen-bond acceptors (Lipinski definition) is 5. The molecule has 2 atom stereocenters. The summed E-state index contributed by atoms with van der Waals surface area (Å²) >= 11 is 1.75. The minimum atomic E-state index is 0.245. The van der Waals surface area contributed by atoms with Crippen molar-refractivity contribution in [3.05, 3.63) is 16.1 Å². The number of aryl methyl sites for hydroxylation is 1. The van der Waals surface area contributed by atoms with Gasteiger partial charge in [0.1, 0.15) is 5.01 Å². The number of nitrogens with zero attached hydrogens (tertiary/aromatic N) is 3. The first kappa shape index (κ1) is 16.7. The Kier molecular flexibility index (Phi) is 5.85. The number of thiazole rings is 1. The van der Waals surface area contributed by atoms with Gasteiger partial charge < -0.3 is 15.4 Å². The van der Waals surface area contributed by atoms with Crippen LogP contribution in [0.15, 0.2) is 11.2 Å². The second-order valence-corrected chi connectivity index (χ2v) is 7.33. The first-order valence-corrected chi connectivity index (χ1v) is 9.34. The number of guanidine groups is 1. The summed E-state index contributed by atoms with van der Waals surface area (Å²) in [7, 11) is 1.80. The molecule has 0 aliphatic carbocycles. The fourth-order valence-corrected chi connectivity index (χ4v) is 3.99. The lowest BCUT2D eigenvalue weighted by Crippen LogP contribution is -2.51. The highest BCUT2D eigenvalue weighted by Crippen LogP contribution is 2.22. The number of nitrogens with one attached hydrogen (secondary N) is 2. The summed E-state index contributed by atoms with van der Waals surface area (Å²) in [6.45, 7) is 6.78. The lowest BCUT2D eigenvalue weighted by atomic mass is 10.2. The number of aromatic nitrogens is 1. The van der Waals surface area contributed by atoms with Crippen LogP contribution in [0.2, 0.25) is 0 Å². The summed E-state index contributed by atoms with van der Waals surface area (Å²) in [5, 5.41) is 7.80. The normalized spacial score (nSPS) is 25.4. The van der Waals surface area contributed by atoms with E-state index in [0.29, 0.717) is 12.6 Å². The molecule has 0 spiro atoms. The zero-order valence-electron chi connectivity index (χ0n) is 14.0. The molecule has 0 saturated carbocycles. The summed E-state index contributed by atoms with van der Waals surface area (Å²) in [5.41, 5.74) is 0. The molecule has 3 rings (SSSR count). The van der Waals surface area contributed by atoms with Gasteiger partial charge in [-0.2, -0.15) is 0 Å². The fraction of sp³-hybridized carbons (Fsp3) is 0.750. The van der Waals surface area contributed by atoms with Crippen molar-refractivity contribution in [2.75, 3.05) is 33.3 Å². The van der Waals surface area contributed by atoms with Crippen molar-refractivity contribution in [2.45, 2.75) is 44.9 Å². The monoisotopic (exact) mass is 337 g/mol. The Bertz CT molecular complexity index is 532. The summed E-state index contributed by atoms with van der Waals surface area (Å²) < 4.78 is 5.97. The van der Waals surface area contributed by atoms with Crippen molar-refractivity contribution < 1.29 is 4.74 Å². The SMILES string of the molecule is CCc1cnc(CNC(=NC)NCC2CN3CCCC3CO2)s1. The van der Waals surface area contributed by atoms with Crippen molar-refractivity contribution in [3.8, 4) is 0 Å². The standard InChI is InChI=1S/C16H27N5OS/c1-3-14-8-18-15(23-14)9-20-16(17-2)19-7-13-10-21-6-4-5-12(21)11-22-13/h8,12-13H,3-7,9-11H2,1-2H3,(H2,17,19,20). The van der Waals surface area contributed by atoms with E-state index >= 15 is 0 Å². The largest absolute Gasteiger partial charge is 0.373 e. The molecule has 23 heavy (non-hydrogen) atoms. The van der Waals surface area contributed by atoms with Gasteiger partial charge >= 0.3 is 0 Å². The Hall–Kier alpha value is -1.18. The van der Waals surface area contributed by atoms with E-state index in [2.05, 4.69) is 32.4 Å². The highest BCUT2D eigenvalue weighted by atomic mass is 32.1. The van der Waals surface area contributed by atoms with Gasteiger partial charge in [0.25, 0.3) is 0 Å². The summed E-state index contributed by atoms with van der Waals surface area (Å²) in [5.74, 6) is 0.811. The van der Waals surface area contributed by atoms with E-state index in [-0.39, 0.29) is 6.10 Å². The topological polar surface area (TPSA) is 61.8 Å². The second-order valence-electron chi connectivity index (χ2n) is 6.13. The lowest BCUT2D eigenvalue weighted by Gasteiger charge is -2.35. The van der Waals surface area contributed by atoms with Gasteiger partial charge in [0.15, 0.2) is 5.96 Å². The molecule has 2 aliphatic heterocycles. The number of hydrogen-bond donors (Lipinski definition) is 2. The Morgan fingerprint density at radius 2 is 2.43 bits per heavy atom. The molecule has 6 nitrogen and oxygen atoms in total. The molecule has 0 amide bonds. The summed E-state index contributed by atoms with van der Waals surface area (Å²) in [4.78, 5) is 12.6. The van der Waals surface area contributed by atoms with E-state index in [1.807, 2.05) is 6.20 Å². The van der Waals surface area contributed by atoms with Crippen LogP contribution in [0, 0.1) is 0 Å². The lowest BCUT2D eigenvalue weighted by molar-refractivity contribution is -0.0453. The molecule has 128 valence electrons. The maximum Gasteiger partial charge on any atom is 0.191 e. The third kappa shape index (κ3) is 4.43. The summed E-state index contributed by atoms with van der Waals surface area (Å²) in [6.07, 6.45) is 5.85. The maximum atomic E-state index is 5.97. The van der Waals surface area contributed by atoms with Crippen LogP contribution in [0.4, 0.5) is 0 Å². The molecule has 2 N–H and O–H groups in total. The van der Waals surface area contributed by atoms with E-state index in [1.165, 1.54) is 24.3 Å². The minimum Gasteiger partial charge on any atom is -0.373 e. The van der Waals surface area contributed by atoms with Crippen molar-refractivity contribution in [3.63, 3.8) is 0 Å². The van der Waals surface area contributed by atoms with Gasteiger partial charge in [0.05, 0.1) is 19.3 Å². The van der Waals surface area contributed by atoms with E-state index < -0.39 is 0 Å². The van der Waals surface area contributed by atoms with Crippen molar-refractivity contribution >= 4 is 17.3 Å². The maximum absolute atomic E-state index is 5.97. The fourth-order valence-electron chi connectivity index (χ4n) is 3.19. The number of rotatable bonds is 5. The second kappa shape index (κ2) is 8.08. The first-order chi connectivity index (χ1) is 11.3. The molecular formula is C16H27N5OS. The Labute approximate surface area is 142 Å². The summed E-state index contributed by atoms with van der Waals surface area (Å²) in [6, 6.07) is 0.654. The minimum absolute atomic E-state index is 0.245. The van der Waals surface area contributed by atoms with Crippen LogP contribution in [0.5, 0.6) is 0 Å². The van der Waals surface area contributed by atoms with Crippen LogP contribution in [0.1, 0.15) is 29.7 Å². The molecule has 2 aliphatic rings. The molecule has 0 radical (unpaired) electrons. The van der Waals surface area contributed by atoms with E-state index in [1.54, 1.807) is 18.4 Å². The van der Waals surface area contributed by atoms with Gasteiger partial charge in [-0.05, 0) is 25.8 Å². The highest BCUT2D eigenvalue weighted by Gasteiger charge is 2.32. The van der Waals surface area contributed by atoms with Crippen LogP contribution in [0.25, 0.3) is 0 Å². The van der Waals surface area contributed by atoms with Crippen molar-refractivity contribution in [2.24, 2.45) is 4.99 Å². The van der Waals surface area contributed by atoms with Crippen LogP contribution >= 0.6 is 11.3 Å². The smallest absolute Gasteiger partial charge is 0.191 e. The quantitative estimate of drug-likeness (QED) is 0.625. The van der Waals surface area contributed by atoms with Gasteiger partial charge in [0, 0.05) is 37.3 Å². The third-order valence-electron chi connectivity index (χ3n) is 4.54. The molecule has 1 aromatic heterocycles. The van der Waals surface area contributed by atoms with Gasteiger partial charge in [0.2, 0.25) is 0 Å². The van der Waals surface area contributed by atoms with Crippen LogP contribution in [-0.4, -0.2) is 61.3 Å². The molecule has 1 aromatic rings. The zero-order chi connectivity index (χ0) is 16.1. The third-order valence-corrected chi connectivity index (χ3v) is 5.68. The van der Waals surface area contributed by atoms with Crippen molar-refractivity contribution in [1.82, 2.24) is 20.5 Å². The highest BCUT2D eigenvalue weighted by molar-refractivity contribution is 7.11. The van der Waals surface area contributed by atoms with Gasteiger partial charge in [-0.1, -0.05) is 6.92 Å². The van der Waals surface area contributed by atoms with Crippen LogP contribution < -0.4 is 10.6 Å². The van der Waals surface area contributed by atoms with Gasteiger partial charge in [-0.3, -0.25) is 9.89 Å². The molecule has 3 heterocycles. The predicted molar refractivity (Wildman–Crippen MR) is 94.0 cm³/mol. The number of aliphatic imine (C=N–C) groups is 1. The number of fused-ring (bicyclic) bond motifs is 1. The first-order valence-electron chi connectivity index (χ1n) is 8.52. The van der Waals surface area contributed by atoms with Crippen LogP contribution in [-0.2, 0) is 17.7 Å². The molecular weight excluding hydrogens is 310 g/mol. The molecule has 2 fully saturated rings. The van der Waals surface area contributed by atoms with E-state index in [0.717, 1.165) is 37.1 Å². The van der Waals surface area contributed by atoms with E-state index in [4.69, 9.17) is 4.74 Å². The molecule has 2 saturated heterocycles. The predicted octanol–water partition coefficient (Wildman–Crippen LogP) is 1.23.